The Morgan fingerprint density at radius 2 is 1.70 bits per heavy atom. The Balaban J connectivity index is 2.75. The van der Waals surface area contributed by atoms with E-state index < -0.39 is 16.1 Å². The quantitative estimate of drug-likeness (QED) is 0.757. The number of nitrogens with one attached hydrogen (secondary N) is 2. The van der Waals surface area contributed by atoms with Gasteiger partial charge in [0.25, 0.3) is 5.91 Å². The van der Waals surface area contributed by atoms with Crippen molar-refractivity contribution in [3.05, 3.63) is 24.3 Å². The number of carbonyl (C=O) groups excluding carboxylic acids is 1. The number of rotatable bonds is 8. The van der Waals surface area contributed by atoms with Crippen LogP contribution < -0.4 is 14.8 Å². The van der Waals surface area contributed by atoms with Crippen LogP contribution >= 0.6 is 0 Å². The molecule has 23 heavy (non-hydrogen) atoms. The maximum atomic E-state index is 12.1. The van der Waals surface area contributed by atoms with Gasteiger partial charge in [0, 0.05) is 12.1 Å². The van der Waals surface area contributed by atoms with E-state index in [1.54, 1.807) is 19.1 Å². The van der Waals surface area contributed by atoms with Crippen LogP contribution in [0.2, 0.25) is 0 Å². The summed E-state index contributed by atoms with van der Waals surface area (Å²) in [6.07, 6.45) is 0.0567. The Labute approximate surface area is 138 Å². The van der Waals surface area contributed by atoms with Crippen LogP contribution in [0.15, 0.2) is 29.2 Å². The molecule has 1 aromatic carbocycles. The van der Waals surface area contributed by atoms with Crippen molar-refractivity contribution in [3.63, 3.8) is 0 Å². The molecule has 6 nitrogen and oxygen atoms in total. The van der Waals surface area contributed by atoms with Gasteiger partial charge in [-0.1, -0.05) is 6.92 Å². The van der Waals surface area contributed by atoms with Crippen LogP contribution in [0.1, 0.15) is 41.0 Å². The van der Waals surface area contributed by atoms with Gasteiger partial charge in [0.05, 0.1) is 4.90 Å². The van der Waals surface area contributed by atoms with Crippen LogP contribution in [0, 0.1) is 0 Å². The predicted molar refractivity (Wildman–Crippen MR) is 89.9 cm³/mol. The van der Waals surface area contributed by atoms with E-state index in [2.05, 4.69) is 10.0 Å². The number of amides is 1. The molecular formula is C16H26N2O4S. The number of carbonyl (C=O) groups is 1. The van der Waals surface area contributed by atoms with Crippen LogP contribution in [0.4, 0.5) is 0 Å². The second-order valence-electron chi connectivity index (χ2n) is 5.83. The predicted octanol–water partition coefficient (Wildman–Crippen LogP) is 2.06. The monoisotopic (exact) mass is 342 g/mol. The Bertz CT molecular complexity index is 611. The molecule has 1 aromatic rings. The van der Waals surface area contributed by atoms with Crippen molar-refractivity contribution in [1.29, 1.82) is 0 Å². The minimum atomic E-state index is -3.53. The van der Waals surface area contributed by atoms with Crippen molar-refractivity contribution >= 4 is 15.9 Å². The smallest absolute Gasteiger partial charge is 0.260 e. The van der Waals surface area contributed by atoms with Crippen molar-refractivity contribution in [2.75, 3.05) is 0 Å². The van der Waals surface area contributed by atoms with E-state index >= 15 is 0 Å². The fraction of sp³-hybridized carbons (Fsp3) is 0.562. The van der Waals surface area contributed by atoms with E-state index in [1.165, 1.54) is 12.1 Å². The summed E-state index contributed by atoms with van der Waals surface area (Å²) in [4.78, 5) is 12.0. The van der Waals surface area contributed by atoms with Crippen LogP contribution in [-0.4, -0.2) is 32.5 Å². The van der Waals surface area contributed by atoms with Gasteiger partial charge in [0.1, 0.15) is 5.75 Å². The third kappa shape index (κ3) is 6.19. The lowest BCUT2D eigenvalue weighted by atomic mass is 10.3. The van der Waals surface area contributed by atoms with E-state index in [4.69, 9.17) is 4.74 Å². The summed E-state index contributed by atoms with van der Waals surface area (Å²) in [7, 11) is -3.53. The average molecular weight is 342 g/mol. The van der Waals surface area contributed by atoms with Crippen LogP contribution in [0.25, 0.3) is 0 Å². The van der Waals surface area contributed by atoms with Crippen molar-refractivity contribution in [2.45, 2.75) is 64.1 Å². The van der Waals surface area contributed by atoms with Gasteiger partial charge in [0.15, 0.2) is 6.10 Å². The molecule has 1 rings (SSSR count). The molecule has 0 heterocycles. The summed E-state index contributed by atoms with van der Waals surface area (Å²) in [5.74, 6) is 0.231. The largest absolute Gasteiger partial charge is 0.481 e. The minimum absolute atomic E-state index is 0.0349. The fourth-order valence-electron chi connectivity index (χ4n) is 1.77. The van der Waals surface area contributed by atoms with Gasteiger partial charge < -0.3 is 10.1 Å². The van der Waals surface area contributed by atoms with Crippen LogP contribution in [-0.2, 0) is 14.8 Å². The van der Waals surface area contributed by atoms with E-state index in [9.17, 15) is 13.2 Å². The van der Waals surface area contributed by atoms with Gasteiger partial charge in [-0.15, -0.1) is 0 Å². The third-order valence-corrected chi connectivity index (χ3v) is 4.82. The molecule has 0 spiro atoms. The Morgan fingerprint density at radius 1 is 1.13 bits per heavy atom. The summed E-state index contributed by atoms with van der Waals surface area (Å²) in [6.45, 7) is 9.10. The van der Waals surface area contributed by atoms with Crippen LogP contribution in [0.3, 0.4) is 0 Å². The van der Waals surface area contributed by atoms with Gasteiger partial charge in [-0.3, -0.25) is 4.79 Å². The number of ether oxygens (including phenoxy) is 1. The molecule has 7 heteroatoms. The van der Waals surface area contributed by atoms with Gasteiger partial charge in [-0.05, 0) is 58.4 Å². The van der Waals surface area contributed by atoms with Crippen molar-refractivity contribution in [2.24, 2.45) is 0 Å². The molecule has 1 amide bonds. The number of benzene rings is 1. The standard InChI is InChI=1S/C16H26N2O4S/c1-6-12(4)18-23(20,21)15-9-7-14(8-10-15)22-13(5)16(19)17-11(2)3/h7-13,18H,6H2,1-5H3,(H,17,19)/t12-,13+/m0/s1. The van der Waals surface area contributed by atoms with Crippen molar-refractivity contribution in [3.8, 4) is 5.75 Å². The molecule has 0 saturated heterocycles. The highest BCUT2D eigenvalue weighted by Crippen LogP contribution is 2.17. The van der Waals surface area contributed by atoms with E-state index in [0.717, 1.165) is 0 Å². The van der Waals surface area contributed by atoms with Crippen LogP contribution in [0.5, 0.6) is 5.75 Å². The SMILES string of the molecule is CC[C@H](C)NS(=O)(=O)c1ccc(O[C@H](C)C(=O)NC(C)C)cc1. The lowest BCUT2D eigenvalue weighted by Gasteiger charge is -2.17. The van der Waals surface area contributed by atoms with Gasteiger partial charge in [-0.2, -0.15) is 0 Å². The fourth-order valence-corrected chi connectivity index (χ4v) is 3.10. The molecular weight excluding hydrogens is 316 g/mol. The minimum Gasteiger partial charge on any atom is -0.481 e. The highest BCUT2D eigenvalue weighted by molar-refractivity contribution is 7.89. The number of hydrogen-bond acceptors (Lipinski definition) is 4. The molecule has 0 aliphatic heterocycles. The maximum absolute atomic E-state index is 12.1. The molecule has 0 fully saturated rings. The second-order valence-corrected chi connectivity index (χ2v) is 7.54. The molecule has 0 bridgehead atoms. The van der Waals surface area contributed by atoms with Crippen molar-refractivity contribution < 1.29 is 17.9 Å². The first kappa shape index (κ1) is 19.4. The number of sulfonamides is 1. The van der Waals surface area contributed by atoms with E-state index in [1.807, 2.05) is 27.7 Å². The Morgan fingerprint density at radius 3 is 2.17 bits per heavy atom. The average Bonchev–Trinajstić information content (AvgIpc) is 2.46. The molecule has 0 aliphatic carbocycles. The lowest BCUT2D eigenvalue weighted by Crippen LogP contribution is -2.40. The zero-order valence-electron chi connectivity index (χ0n) is 14.3. The Hall–Kier alpha value is -1.60. The summed E-state index contributed by atoms with van der Waals surface area (Å²) in [5.41, 5.74) is 0. The molecule has 2 atom stereocenters. The molecule has 0 aromatic heterocycles. The first-order valence-electron chi connectivity index (χ1n) is 7.75. The van der Waals surface area contributed by atoms with Gasteiger partial charge in [0.2, 0.25) is 10.0 Å². The molecule has 0 radical (unpaired) electrons. The highest BCUT2D eigenvalue weighted by Gasteiger charge is 2.18. The summed E-state index contributed by atoms with van der Waals surface area (Å²) < 4.78 is 32.4. The normalized spacial score (nSPS) is 14.3. The Kier molecular flexibility index (Phi) is 7.02. The summed E-state index contributed by atoms with van der Waals surface area (Å²) >= 11 is 0. The highest BCUT2D eigenvalue weighted by atomic mass is 32.2. The summed E-state index contributed by atoms with van der Waals surface area (Å²) in [6, 6.07) is 5.93. The maximum Gasteiger partial charge on any atom is 0.260 e. The number of hydrogen-bond donors (Lipinski definition) is 2. The molecule has 0 saturated carbocycles. The first-order chi connectivity index (χ1) is 10.7. The zero-order chi connectivity index (χ0) is 17.6. The molecule has 2 N–H and O–H groups in total. The van der Waals surface area contributed by atoms with E-state index in [0.29, 0.717) is 12.2 Å². The van der Waals surface area contributed by atoms with Gasteiger partial charge >= 0.3 is 0 Å². The second kappa shape index (κ2) is 8.31. The molecule has 0 aliphatic rings. The molecule has 0 unspecified atom stereocenters. The van der Waals surface area contributed by atoms with Gasteiger partial charge in [-0.25, -0.2) is 13.1 Å². The topological polar surface area (TPSA) is 84.5 Å². The molecule has 130 valence electrons. The summed E-state index contributed by atoms with van der Waals surface area (Å²) in [5, 5.41) is 2.76. The lowest BCUT2D eigenvalue weighted by molar-refractivity contribution is -0.127. The first-order valence-corrected chi connectivity index (χ1v) is 9.23. The zero-order valence-corrected chi connectivity index (χ0v) is 15.1. The van der Waals surface area contributed by atoms with E-state index in [-0.39, 0.29) is 22.9 Å². The van der Waals surface area contributed by atoms with Crippen molar-refractivity contribution in [1.82, 2.24) is 10.0 Å². The third-order valence-electron chi connectivity index (χ3n) is 3.22.